The number of aromatic nitrogens is 8. The fraction of sp³-hybridized carbons (Fsp3) is 0.522. The largest absolute Gasteiger partial charge is 0.490 e. The van der Waals surface area contributed by atoms with E-state index in [-0.39, 0.29) is 0 Å². The summed E-state index contributed by atoms with van der Waals surface area (Å²) in [6, 6.07) is 18.6. The average Bonchev–Trinajstić information content (AvgIpc) is 4.28. The molecule has 6 aromatic rings. The molecule has 14 atom stereocenters. The van der Waals surface area contributed by atoms with Crippen LogP contribution in [0.25, 0.3) is 22.3 Å². The molecular weight excluding hydrogens is 1120 g/mol. The molecule has 4 saturated heterocycles. The number of imidazole rings is 2. The molecule has 33 heteroatoms. The van der Waals surface area contributed by atoms with Crippen molar-refractivity contribution < 1.29 is 88.2 Å². The minimum atomic E-state index is -6.19. The number of ether oxygens (including phenoxy) is 6. The number of hydrogen-bond acceptors (Lipinski definition) is 23. The van der Waals surface area contributed by atoms with Crippen LogP contribution in [0.4, 0.5) is 11.6 Å². The number of nitrogens with zero attached hydrogens (tertiary/aromatic N) is 10. The summed E-state index contributed by atoms with van der Waals surface area (Å²) in [4.78, 5) is 72.6. The van der Waals surface area contributed by atoms with Crippen LogP contribution in [0.15, 0.2) is 73.3 Å². The lowest BCUT2D eigenvalue weighted by Gasteiger charge is -2.23. The number of benzene rings is 2. The van der Waals surface area contributed by atoms with Crippen LogP contribution in [-0.2, 0) is 81.5 Å². The molecule has 0 aliphatic carbocycles. The Balaban J connectivity index is 0.00000201. The van der Waals surface area contributed by atoms with Crippen LogP contribution in [0.5, 0.6) is 0 Å². The van der Waals surface area contributed by atoms with E-state index in [1.165, 1.54) is 12.7 Å². The Labute approximate surface area is 454 Å². The van der Waals surface area contributed by atoms with Gasteiger partial charge in [0.15, 0.2) is 59.0 Å². The van der Waals surface area contributed by atoms with Crippen LogP contribution in [0.1, 0.15) is 62.9 Å². The Morgan fingerprint density at radius 2 is 0.848 bits per heavy atom. The van der Waals surface area contributed by atoms with Crippen LogP contribution in [-0.4, -0.2) is 149 Å². The lowest BCUT2D eigenvalue weighted by atomic mass is 10.1. The van der Waals surface area contributed by atoms with E-state index < -0.39 is 106 Å². The molecule has 0 amide bonds. The molecule has 4 N–H and O–H groups in total. The van der Waals surface area contributed by atoms with Crippen LogP contribution < -0.4 is 9.80 Å². The normalized spacial score (nSPS) is 27.4. The Morgan fingerprint density at radius 1 is 0.506 bits per heavy atom. The van der Waals surface area contributed by atoms with Gasteiger partial charge in [-0.25, -0.2) is 48.2 Å². The minimum absolute atomic E-state index is 0.305. The van der Waals surface area contributed by atoms with Crippen molar-refractivity contribution >= 4 is 65.3 Å². The average molecular weight is 1180 g/mol. The highest BCUT2D eigenvalue weighted by Gasteiger charge is 2.57. The molecule has 4 fully saturated rings. The summed E-state index contributed by atoms with van der Waals surface area (Å²) >= 11 is 0. The Bertz CT molecular complexity index is 3040. The van der Waals surface area contributed by atoms with Gasteiger partial charge in [0.05, 0.1) is 13.2 Å². The molecule has 0 saturated carbocycles. The highest BCUT2D eigenvalue weighted by molar-refractivity contribution is 7.69. The standard InChI is InChI=1S/C42H52N10O19P4.2C2H6/c1-23-47-31-37(49(3)4)43-21-45-39(31)51(23)41-35-33(65-29(67-35)17-25-13-9-7-10-14-25)27(63-41)19-61-72(53,54)69-74(57,58)71-75(59,60)70-73(55,56)62-20-28-34-36(68-30(66-34)18-26-15-11-8-12-16-26)42(64-28)52-24(2)48-32-38(50(5)6)44-22-46-40(32)52;2*1-2/h7-16,21-22,27-30,33-36,41-42H,17-20H2,1-6H3,(H,53,54)(H,55,56)(H,57,58)(H,59,60);2*1-2H3/t27-,28-,29?,30?,33+,34?,35?,36?,41-,42-;;/m1../s1. The maximum atomic E-state index is 13.3. The van der Waals surface area contributed by atoms with Crippen molar-refractivity contribution in [1.29, 1.82) is 0 Å². The first-order valence-corrected chi connectivity index (χ1v) is 31.0. The zero-order valence-electron chi connectivity index (χ0n) is 44.7. The van der Waals surface area contributed by atoms with E-state index in [4.69, 9.17) is 37.5 Å². The molecule has 0 radical (unpaired) electrons. The topological polar surface area (TPSA) is 344 Å². The Kier molecular flexibility index (Phi) is 19.1. The molecule has 79 heavy (non-hydrogen) atoms. The van der Waals surface area contributed by atoms with E-state index in [0.717, 1.165) is 11.1 Å². The lowest BCUT2D eigenvalue weighted by Crippen LogP contribution is -2.32. The van der Waals surface area contributed by atoms with Gasteiger partial charge in [-0.05, 0) is 25.0 Å². The van der Waals surface area contributed by atoms with E-state index in [0.29, 0.717) is 58.5 Å². The minimum Gasteiger partial charge on any atom is -0.361 e. The molecule has 2 aromatic carbocycles. The maximum absolute atomic E-state index is 13.3. The smallest absolute Gasteiger partial charge is 0.361 e. The highest BCUT2D eigenvalue weighted by Crippen LogP contribution is 2.71. The van der Waals surface area contributed by atoms with Gasteiger partial charge in [-0.2, -0.15) is 12.9 Å². The Hall–Kier alpha value is -4.54. The van der Waals surface area contributed by atoms with Crippen molar-refractivity contribution in [1.82, 2.24) is 39.0 Å². The second kappa shape index (κ2) is 24.9. The van der Waals surface area contributed by atoms with Crippen molar-refractivity contribution in [3.8, 4) is 0 Å². The van der Waals surface area contributed by atoms with Crippen LogP contribution in [0.3, 0.4) is 0 Å². The third kappa shape index (κ3) is 13.7. The summed E-state index contributed by atoms with van der Waals surface area (Å²) in [6.07, 6.45) is -6.52. The van der Waals surface area contributed by atoms with E-state index in [9.17, 15) is 37.8 Å². The van der Waals surface area contributed by atoms with E-state index in [1.807, 2.05) is 88.4 Å². The number of aryl methyl sites for hydroxylation is 2. The fourth-order valence-electron chi connectivity index (χ4n) is 9.37. The number of anilines is 2. The summed E-state index contributed by atoms with van der Waals surface area (Å²) in [5.41, 5.74) is 3.40. The van der Waals surface area contributed by atoms with E-state index in [2.05, 4.69) is 42.8 Å². The van der Waals surface area contributed by atoms with Crippen molar-refractivity contribution in [3.05, 3.63) is 96.1 Å². The molecule has 4 aliphatic rings. The van der Waals surface area contributed by atoms with Gasteiger partial charge in [-0.1, -0.05) is 88.4 Å². The van der Waals surface area contributed by atoms with Gasteiger partial charge in [0, 0.05) is 41.0 Å². The molecule has 4 aromatic heterocycles. The van der Waals surface area contributed by atoms with Crippen molar-refractivity contribution in [2.24, 2.45) is 0 Å². The van der Waals surface area contributed by atoms with Crippen LogP contribution in [0.2, 0.25) is 0 Å². The van der Waals surface area contributed by atoms with Crippen molar-refractivity contribution in [3.63, 3.8) is 0 Å². The molecule has 29 nitrogen and oxygen atoms in total. The van der Waals surface area contributed by atoms with Crippen LogP contribution >= 0.6 is 31.3 Å². The fourth-order valence-corrected chi connectivity index (χ4v) is 14.3. The quantitative estimate of drug-likeness (QED) is 0.0596. The first-order chi connectivity index (χ1) is 37.5. The van der Waals surface area contributed by atoms with Crippen molar-refractivity contribution in [2.45, 2.75) is 116 Å². The first-order valence-electron chi connectivity index (χ1n) is 25.0. The second-order valence-electron chi connectivity index (χ2n) is 18.1. The zero-order chi connectivity index (χ0) is 57.2. The molecule has 8 heterocycles. The predicted molar refractivity (Wildman–Crippen MR) is 281 cm³/mol. The second-order valence-corrected chi connectivity index (χ2v) is 24.3. The predicted octanol–water partition coefficient (Wildman–Crippen LogP) is 6.45. The van der Waals surface area contributed by atoms with Gasteiger partial charge < -0.3 is 57.8 Å². The van der Waals surface area contributed by atoms with Gasteiger partial charge in [0.2, 0.25) is 0 Å². The van der Waals surface area contributed by atoms with Gasteiger partial charge >= 0.3 is 31.3 Å². The third-order valence-corrected chi connectivity index (χ3v) is 18.2. The molecule has 9 unspecified atom stereocenters. The summed E-state index contributed by atoms with van der Waals surface area (Å²) in [5, 5.41) is 0. The molecule has 0 spiro atoms. The first kappa shape index (κ1) is 60.6. The van der Waals surface area contributed by atoms with E-state index >= 15 is 0 Å². The summed E-state index contributed by atoms with van der Waals surface area (Å²) in [6.45, 7) is 9.72. The molecular formula is C46H64N10O19P4. The number of phosphoric ester groups is 2. The highest BCUT2D eigenvalue weighted by atomic mass is 31.3. The maximum Gasteiger partial charge on any atom is 0.490 e. The van der Waals surface area contributed by atoms with Crippen molar-refractivity contribution in [2.75, 3.05) is 51.2 Å². The van der Waals surface area contributed by atoms with Gasteiger partial charge in [0.1, 0.15) is 60.9 Å². The number of hydrogen-bond donors (Lipinski definition) is 4. The number of rotatable bonds is 20. The summed E-state index contributed by atoms with van der Waals surface area (Å²) in [7, 11) is -16.7. The van der Waals surface area contributed by atoms with E-state index in [1.54, 1.807) is 61.0 Å². The third-order valence-electron chi connectivity index (χ3n) is 12.3. The summed E-state index contributed by atoms with van der Waals surface area (Å²) < 4.78 is 117. The molecule has 432 valence electrons. The SMILES string of the molecule is CC.CC.Cc1nc2c(N(C)C)ncnc2n1[C@@H]1O[C@H](COP(=O)(O)OP(=O)(O)OP(=O)(O)OP(=O)(O)OC[C@H]2O[C@@H](n3c(C)nc4c(N(C)C)ncnc43)C3OC(Cc4ccccc4)O[C@H]32)C2OC(Cc3ccccc3)OC21. The molecule has 0 bridgehead atoms. The number of phosphoric acid groups is 4. The number of fused-ring (bicyclic) bond motifs is 4. The van der Waals surface area contributed by atoms with Gasteiger partial charge in [-0.3, -0.25) is 18.2 Å². The monoisotopic (exact) mass is 1180 g/mol. The van der Waals surface area contributed by atoms with Gasteiger partial charge in [0.25, 0.3) is 0 Å². The summed E-state index contributed by atoms with van der Waals surface area (Å²) in [5.74, 6) is 1.92. The molecule has 10 rings (SSSR count). The van der Waals surface area contributed by atoms with Crippen LogP contribution in [0, 0.1) is 13.8 Å². The Morgan fingerprint density at radius 3 is 1.20 bits per heavy atom. The van der Waals surface area contributed by atoms with Gasteiger partial charge in [-0.15, -0.1) is 0 Å². The lowest BCUT2D eigenvalue weighted by molar-refractivity contribution is -0.149. The molecule has 4 aliphatic heterocycles. The zero-order valence-corrected chi connectivity index (χ0v) is 48.3.